The molecule has 33 heavy (non-hydrogen) atoms. The third-order valence-corrected chi connectivity index (χ3v) is 6.81. The predicted octanol–water partition coefficient (Wildman–Crippen LogP) is 5.81. The smallest absolute Gasteiger partial charge is 0.165 e. The summed E-state index contributed by atoms with van der Waals surface area (Å²) in [5, 5.41) is 0. The number of likely N-dealkylation sites (N-methyl/N-ethyl adjacent to an activating group) is 1. The minimum absolute atomic E-state index is 0.261. The van der Waals surface area contributed by atoms with Crippen LogP contribution >= 0.6 is 0 Å². The van der Waals surface area contributed by atoms with Gasteiger partial charge in [-0.3, -0.25) is 0 Å². The number of ether oxygens (including phenoxy) is 1. The highest BCUT2D eigenvalue weighted by Gasteiger charge is 2.24. The van der Waals surface area contributed by atoms with E-state index in [2.05, 4.69) is 83.4 Å². The molecule has 4 nitrogen and oxygen atoms in total. The normalized spacial score (nSPS) is 17.5. The van der Waals surface area contributed by atoms with Crippen molar-refractivity contribution in [2.24, 2.45) is 0 Å². The maximum Gasteiger partial charge on any atom is 0.165 e. The van der Waals surface area contributed by atoms with Crippen LogP contribution in [-0.4, -0.2) is 51.8 Å². The van der Waals surface area contributed by atoms with Gasteiger partial charge in [-0.25, -0.2) is 4.39 Å². The predicted molar refractivity (Wildman–Crippen MR) is 135 cm³/mol. The van der Waals surface area contributed by atoms with Gasteiger partial charge in [0.1, 0.15) is 0 Å². The van der Waals surface area contributed by atoms with Crippen molar-refractivity contribution in [3.63, 3.8) is 0 Å². The highest BCUT2D eigenvalue weighted by Crippen LogP contribution is 2.37. The second kappa shape index (κ2) is 8.91. The Morgan fingerprint density at radius 3 is 2.36 bits per heavy atom. The minimum atomic E-state index is -0.347. The van der Waals surface area contributed by atoms with E-state index >= 15 is 0 Å². The monoisotopic (exact) mass is 443 g/mol. The van der Waals surface area contributed by atoms with Crippen molar-refractivity contribution < 1.29 is 9.13 Å². The van der Waals surface area contributed by atoms with E-state index in [0.29, 0.717) is 6.04 Å². The van der Waals surface area contributed by atoms with Gasteiger partial charge < -0.3 is 19.4 Å². The largest absolute Gasteiger partial charge is 0.494 e. The lowest BCUT2D eigenvalue weighted by Gasteiger charge is -2.29. The van der Waals surface area contributed by atoms with Crippen LogP contribution < -0.4 is 14.5 Å². The molecule has 1 atom stereocenters. The summed E-state index contributed by atoms with van der Waals surface area (Å²) in [6, 6.07) is 20.9. The zero-order valence-corrected chi connectivity index (χ0v) is 19.5. The Hall–Kier alpha value is -3.31. The SMILES string of the molecule is COc1ccc(-c2ccc3c(c2)C=CCN3c2ccc(N3CCC(N(C)C)C3)cc2)cc1F. The molecule has 1 saturated heterocycles. The molecule has 2 aliphatic rings. The molecule has 0 aromatic heterocycles. The Morgan fingerprint density at radius 1 is 0.939 bits per heavy atom. The van der Waals surface area contributed by atoms with Gasteiger partial charge in [0.2, 0.25) is 0 Å². The van der Waals surface area contributed by atoms with Crippen LogP contribution in [0.1, 0.15) is 12.0 Å². The van der Waals surface area contributed by atoms with Crippen LogP contribution in [0.15, 0.2) is 66.7 Å². The molecular formula is C28H30FN3O. The molecule has 5 rings (SSSR count). The number of halogens is 1. The van der Waals surface area contributed by atoms with Gasteiger partial charge >= 0.3 is 0 Å². The van der Waals surface area contributed by atoms with Crippen LogP contribution in [0, 0.1) is 5.82 Å². The first-order chi connectivity index (χ1) is 16.0. The van der Waals surface area contributed by atoms with Crippen molar-refractivity contribution in [1.29, 1.82) is 0 Å². The zero-order valence-electron chi connectivity index (χ0n) is 19.5. The van der Waals surface area contributed by atoms with E-state index in [1.54, 1.807) is 6.07 Å². The molecule has 0 saturated carbocycles. The number of nitrogens with zero attached hydrogens (tertiary/aromatic N) is 3. The lowest BCUT2D eigenvalue weighted by Crippen LogP contribution is -2.31. The Labute approximate surface area is 195 Å². The summed E-state index contributed by atoms with van der Waals surface area (Å²) in [6.07, 6.45) is 5.53. The molecule has 2 heterocycles. The summed E-state index contributed by atoms with van der Waals surface area (Å²) in [6.45, 7) is 3.01. The van der Waals surface area contributed by atoms with Gasteiger partial charge in [0, 0.05) is 42.7 Å². The van der Waals surface area contributed by atoms with Crippen LogP contribution in [0.2, 0.25) is 0 Å². The Balaban J connectivity index is 1.38. The van der Waals surface area contributed by atoms with Crippen LogP contribution in [0.5, 0.6) is 5.75 Å². The van der Waals surface area contributed by atoms with Crippen LogP contribution in [0.4, 0.5) is 21.5 Å². The first-order valence-electron chi connectivity index (χ1n) is 11.5. The van der Waals surface area contributed by atoms with Crippen molar-refractivity contribution in [3.8, 4) is 16.9 Å². The van der Waals surface area contributed by atoms with Crippen molar-refractivity contribution in [2.45, 2.75) is 12.5 Å². The first-order valence-corrected chi connectivity index (χ1v) is 11.5. The van der Waals surface area contributed by atoms with E-state index in [0.717, 1.165) is 42.0 Å². The van der Waals surface area contributed by atoms with Gasteiger partial charge in [-0.15, -0.1) is 0 Å². The summed E-state index contributed by atoms with van der Waals surface area (Å²) in [4.78, 5) is 7.11. The number of methoxy groups -OCH3 is 1. The second-order valence-corrected chi connectivity index (χ2v) is 9.00. The molecule has 3 aromatic carbocycles. The summed E-state index contributed by atoms with van der Waals surface area (Å²) in [5.41, 5.74) is 6.59. The fraction of sp³-hybridized carbons (Fsp3) is 0.286. The molecule has 5 heteroatoms. The summed E-state index contributed by atoms with van der Waals surface area (Å²) >= 11 is 0. The fourth-order valence-electron chi connectivity index (χ4n) is 4.83. The van der Waals surface area contributed by atoms with Crippen LogP contribution in [0.3, 0.4) is 0 Å². The molecule has 0 spiro atoms. The van der Waals surface area contributed by atoms with E-state index in [4.69, 9.17) is 4.74 Å². The van der Waals surface area contributed by atoms with Gasteiger partial charge in [0.25, 0.3) is 0 Å². The maximum absolute atomic E-state index is 14.2. The topological polar surface area (TPSA) is 19.0 Å². The molecule has 170 valence electrons. The Kier molecular flexibility index (Phi) is 5.81. The quantitative estimate of drug-likeness (QED) is 0.496. The molecule has 3 aromatic rings. The molecule has 0 radical (unpaired) electrons. The number of benzene rings is 3. The third kappa shape index (κ3) is 4.21. The molecule has 2 aliphatic heterocycles. The molecule has 1 unspecified atom stereocenters. The van der Waals surface area contributed by atoms with Crippen molar-refractivity contribution in [2.75, 3.05) is 50.6 Å². The number of hydrogen-bond donors (Lipinski definition) is 0. The minimum Gasteiger partial charge on any atom is -0.494 e. The number of fused-ring (bicyclic) bond motifs is 1. The Morgan fingerprint density at radius 2 is 1.67 bits per heavy atom. The van der Waals surface area contributed by atoms with E-state index in [1.807, 2.05) is 6.07 Å². The zero-order chi connectivity index (χ0) is 22.9. The molecule has 0 aliphatic carbocycles. The molecule has 0 N–H and O–H groups in total. The highest BCUT2D eigenvalue weighted by molar-refractivity contribution is 5.82. The van der Waals surface area contributed by atoms with Gasteiger partial charge in [-0.1, -0.05) is 24.3 Å². The molecule has 0 bridgehead atoms. The molecule has 0 amide bonds. The third-order valence-electron chi connectivity index (χ3n) is 6.81. The number of rotatable bonds is 5. The number of anilines is 3. The van der Waals surface area contributed by atoms with E-state index < -0.39 is 0 Å². The van der Waals surface area contributed by atoms with Crippen LogP contribution in [0.25, 0.3) is 17.2 Å². The van der Waals surface area contributed by atoms with Crippen LogP contribution in [-0.2, 0) is 0 Å². The van der Waals surface area contributed by atoms with Crippen molar-refractivity contribution in [3.05, 3.63) is 78.1 Å². The van der Waals surface area contributed by atoms with E-state index in [9.17, 15) is 4.39 Å². The average molecular weight is 444 g/mol. The van der Waals surface area contributed by atoms with Crippen molar-refractivity contribution >= 4 is 23.1 Å². The van der Waals surface area contributed by atoms with Gasteiger partial charge in [0.05, 0.1) is 7.11 Å². The van der Waals surface area contributed by atoms with Gasteiger partial charge in [0.15, 0.2) is 11.6 Å². The maximum atomic E-state index is 14.2. The summed E-state index contributed by atoms with van der Waals surface area (Å²) < 4.78 is 19.3. The second-order valence-electron chi connectivity index (χ2n) is 9.00. The first kappa shape index (κ1) is 21.5. The molecular weight excluding hydrogens is 413 g/mol. The van der Waals surface area contributed by atoms with E-state index in [1.165, 1.54) is 31.0 Å². The highest BCUT2D eigenvalue weighted by atomic mass is 19.1. The summed E-state index contributed by atoms with van der Waals surface area (Å²) in [7, 11) is 5.80. The standard InChI is InChI=1S/C28H30FN3O/c1-30(2)25-14-16-31(19-25)23-8-10-24(11-9-23)32-15-4-5-22-17-20(6-12-27(22)32)21-7-13-28(33-3)26(29)18-21/h4-13,17-18,25H,14-16,19H2,1-3H3. The lowest BCUT2D eigenvalue weighted by molar-refractivity contribution is 0.315. The van der Waals surface area contributed by atoms with Gasteiger partial charge in [-0.05, 0) is 85.7 Å². The molecule has 1 fully saturated rings. The lowest BCUT2D eigenvalue weighted by atomic mass is 9.99. The van der Waals surface area contributed by atoms with E-state index in [-0.39, 0.29) is 11.6 Å². The number of hydrogen-bond acceptors (Lipinski definition) is 4. The fourth-order valence-corrected chi connectivity index (χ4v) is 4.83. The average Bonchev–Trinajstić information content (AvgIpc) is 3.34. The van der Waals surface area contributed by atoms with Gasteiger partial charge in [-0.2, -0.15) is 0 Å². The van der Waals surface area contributed by atoms with Crippen molar-refractivity contribution in [1.82, 2.24) is 4.90 Å². The Bertz CT molecular complexity index is 1170. The summed E-state index contributed by atoms with van der Waals surface area (Å²) in [5.74, 6) is -0.0859.